The van der Waals surface area contributed by atoms with Gasteiger partial charge < -0.3 is 14.7 Å². The van der Waals surface area contributed by atoms with E-state index in [2.05, 4.69) is 4.98 Å². The van der Waals surface area contributed by atoms with Crippen molar-refractivity contribution in [2.24, 2.45) is 5.92 Å². The van der Waals surface area contributed by atoms with E-state index < -0.39 is 0 Å². The van der Waals surface area contributed by atoms with E-state index in [1.54, 1.807) is 11.3 Å². The van der Waals surface area contributed by atoms with Crippen molar-refractivity contribution in [1.29, 1.82) is 0 Å². The molecule has 4 rings (SSSR count). The highest BCUT2D eigenvalue weighted by Crippen LogP contribution is 2.34. The molecule has 0 bridgehead atoms. The Morgan fingerprint density at radius 2 is 2.41 bits per heavy atom. The van der Waals surface area contributed by atoms with Crippen LogP contribution in [-0.2, 0) is 16.0 Å². The van der Waals surface area contributed by atoms with Gasteiger partial charge in [-0.05, 0) is 18.8 Å². The van der Waals surface area contributed by atoms with Gasteiger partial charge in [-0.3, -0.25) is 9.20 Å². The Hall–Kier alpha value is -1.44. The fourth-order valence-corrected chi connectivity index (χ4v) is 4.35. The highest BCUT2D eigenvalue weighted by atomic mass is 32.1. The third-order valence-corrected chi connectivity index (χ3v) is 5.46. The minimum Gasteiger partial charge on any atom is -0.396 e. The molecule has 3 atom stereocenters. The van der Waals surface area contributed by atoms with Gasteiger partial charge in [-0.2, -0.15) is 0 Å². The normalized spacial score (nSPS) is 28.2. The Kier molecular flexibility index (Phi) is 3.63. The first-order valence-corrected chi connectivity index (χ1v) is 8.55. The second-order valence-electron chi connectivity index (χ2n) is 6.09. The molecule has 2 aromatic rings. The molecule has 1 aliphatic heterocycles. The highest BCUT2D eigenvalue weighted by Gasteiger charge is 2.42. The third-order valence-electron chi connectivity index (χ3n) is 4.69. The lowest BCUT2D eigenvalue weighted by atomic mass is 10.1. The first-order chi connectivity index (χ1) is 10.7. The molecule has 1 saturated carbocycles. The van der Waals surface area contributed by atoms with E-state index >= 15 is 0 Å². The lowest BCUT2D eigenvalue weighted by molar-refractivity contribution is -0.143. The van der Waals surface area contributed by atoms with E-state index in [1.165, 1.54) is 0 Å². The standard InChI is InChI=1S/C15H19N3O3S/c19-9-10-5-12-13(6-10)21-3-1-18(12)14(20)7-11-8-17-2-4-22-15(17)16-11/h2,4,8,10,12-13,19H,1,3,5-7,9H2/t10-,12+,13+/m1/s1. The van der Waals surface area contributed by atoms with Crippen molar-refractivity contribution in [2.45, 2.75) is 31.4 Å². The van der Waals surface area contributed by atoms with Gasteiger partial charge in [-0.15, -0.1) is 11.3 Å². The van der Waals surface area contributed by atoms with Gasteiger partial charge in [0.25, 0.3) is 0 Å². The fourth-order valence-electron chi connectivity index (χ4n) is 3.63. The van der Waals surface area contributed by atoms with Crippen molar-refractivity contribution >= 4 is 22.2 Å². The maximum atomic E-state index is 12.7. The summed E-state index contributed by atoms with van der Waals surface area (Å²) in [7, 11) is 0. The Morgan fingerprint density at radius 1 is 1.50 bits per heavy atom. The topological polar surface area (TPSA) is 67.1 Å². The van der Waals surface area contributed by atoms with Crippen LogP contribution >= 0.6 is 11.3 Å². The molecule has 6 nitrogen and oxygen atoms in total. The van der Waals surface area contributed by atoms with Crippen LogP contribution in [0, 0.1) is 5.92 Å². The van der Waals surface area contributed by atoms with E-state index in [1.807, 2.05) is 27.1 Å². The summed E-state index contributed by atoms with van der Waals surface area (Å²) >= 11 is 1.57. The van der Waals surface area contributed by atoms with E-state index in [4.69, 9.17) is 4.74 Å². The largest absolute Gasteiger partial charge is 0.396 e. The van der Waals surface area contributed by atoms with Gasteiger partial charge in [0.1, 0.15) is 0 Å². The van der Waals surface area contributed by atoms with Gasteiger partial charge in [0.2, 0.25) is 5.91 Å². The summed E-state index contributed by atoms with van der Waals surface area (Å²) in [6.45, 7) is 1.40. The number of carbonyl (C=O) groups is 1. The number of aliphatic hydroxyl groups excluding tert-OH is 1. The summed E-state index contributed by atoms with van der Waals surface area (Å²) in [5.41, 5.74) is 0.816. The Morgan fingerprint density at radius 3 is 3.23 bits per heavy atom. The predicted molar refractivity (Wildman–Crippen MR) is 81.8 cm³/mol. The van der Waals surface area contributed by atoms with Gasteiger partial charge in [-0.25, -0.2) is 4.98 Å². The number of ether oxygens (including phenoxy) is 1. The second kappa shape index (κ2) is 5.64. The molecule has 2 aliphatic rings. The molecule has 1 aliphatic carbocycles. The van der Waals surface area contributed by atoms with Gasteiger partial charge >= 0.3 is 0 Å². The zero-order chi connectivity index (χ0) is 15.1. The Bertz CT molecular complexity index is 654. The number of nitrogens with zero attached hydrogens (tertiary/aromatic N) is 3. The highest BCUT2D eigenvalue weighted by molar-refractivity contribution is 7.15. The van der Waals surface area contributed by atoms with Gasteiger partial charge in [0.15, 0.2) is 4.96 Å². The van der Waals surface area contributed by atoms with Crippen molar-refractivity contribution in [3.05, 3.63) is 23.5 Å². The summed E-state index contributed by atoms with van der Waals surface area (Å²) in [6.07, 6.45) is 5.99. The number of carbonyl (C=O) groups excluding carboxylic acids is 1. The van der Waals surface area contributed by atoms with Gasteiger partial charge in [0, 0.05) is 30.9 Å². The summed E-state index contributed by atoms with van der Waals surface area (Å²) in [5, 5.41) is 11.3. The number of thiazole rings is 1. The molecule has 0 unspecified atom stereocenters. The molecule has 2 fully saturated rings. The maximum Gasteiger partial charge on any atom is 0.229 e. The van der Waals surface area contributed by atoms with Crippen LogP contribution < -0.4 is 0 Å². The molecule has 1 amide bonds. The first kappa shape index (κ1) is 14.2. The van der Waals surface area contributed by atoms with E-state index in [0.29, 0.717) is 19.6 Å². The molecule has 22 heavy (non-hydrogen) atoms. The quantitative estimate of drug-likeness (QED) is 0.913. The van der Waals surface area contributed by atoms with E-state index in [0.717, 1.165) is 23.5 Å². The van der Waals surface area contributed by atoms with Crippen LogP contribution in [0.5, 0.6) is 0 Å². The smallest absolute Gasteiger partial charge is 0.229 e. The Balaban J connectivity index is 1.48. The van der Waals surface area contributed by atoms with Crippen molar-refractivity contribution < 1.29 is 14.6 Å². The van der Waals surface area contributed by atoms with E-state index in [9.17, 15) is 9.90 Å². The third kappa shape index (κ3) is 2.43. The first-order valence-electron chi connectivity index (χ1n) is 7.67. The minimum absolute atomic E-state index is 0.0836. The van der Waals surface area contributed by atoms with Crippen LogP contribution in [-0.4, -0.2) is 57.2 Å². The van der Waals surface area contributed by atoms with Crippen molar-refractivity contribution in [3.8, 4) is 0 Å². The second-order valence-corrected chi connectivity index (χ2v) is 6.96. The van der Waals surface area contributed by atoms with Gasteiger partial charge in [0.05, 0.1) is 30.9 Å². The zero-order valence-electron chi connectivity index (χ0n) is 12.2. The molecular formula is C15H19N3O3S. The van der Waals surface area contributed by atoms with Crippen molar-refractivity contribution in [3.63, 3.8) is 0 Å². The number of imidazole rings is 1. The lowest BCUT2D eigenvalue weighted by Gasteiger charge is -2.37. The predicted octanol–water partition coefficient (Wildman–Crippen LogP) is 0.937. The molecule has 118 valence electrons. The van der Waals surface area contributed by atoms with Crippen LogP contribution in [0.4, 0.5) is 0 Å². The molecule has 1 N–H and O–H groups in total. The molecule has 1 saturated heterocycles. The number of aromatic nitrogens is 2. The lowest BCUT2D eigenvalue weighted by Crippen LogP contribution is -2.51. The molecular weight excluding hydrogens is 302 g/mol. The van der Waals surface area contributed by atoms with Gasteiger partial charge in [-0.1, -0.05) is 0 Å². The number of fused-ring (bicyclic) bond motifs is 2. The number of hydrogen-bond acceptors (Lipinski definition) is 5. The van der Waals surface area contributed by atoms with Crippen LogP contribution in [0.2, 0.25) is 0 Å². The van der Waals surface area contributed by atoms with Crippen LogP contribution in [0.3, 0.4) is 0 Å². The number of aliphatic hydroxyl groups is 1. The molecule has 0 aromatic carbocycles. The summed E-state index contributed by atoms with van der Waals surface area (Å²) in [5.74, 6) is 0.365. The summed E-state index contributed by atoms with van der Waals surface area (Å²) in [4.78, 5) is 20.0. The van der Waals surface area contributed by atoms with Crippen LogP contribution in [0.25, 0.3) is 4.96 Å². The SMILES string of the molecule is O=C(Cc1cn2ccsc2n1)N1CCO[C@H]2C[C@H](CO)C[C@@H]21. The maximum absolute atomic E-state index is 12.7. The number of rotatable bonds is 3. The molecule has 0 radical (unpaired) electrons. The monoisotopic (exact) mass is 321 g/mol. The number of morpholine rings is 1. The van der Waals surface area contributed by atoms with Crippen molar-refractivity contribution in [2.75, 3.05) is 19.8 Å². The van der Waals surface area contributed by atoms with Crippen molar-refractivity contribution in [1.82, 2.24) is 14.3 Å². The minimum atomic E-state index is 0.0836. The zero-order valence-corrected chi connectivity index (χ0v) is 13.0. The summed E-state index contributed by atoms with van der Waals surface area (Å²) < 4.78 is 7.73. The summed E-state index contributed by atoms with van der Waals surface area (Å²) in [6, 6.07) is 0.113. The average molecular weight is 321 g/mol. The van der Waals surface area contributed by atoms with Crippen LogP contribution in [0.1, 0.15) is 18.5 Å². The average Bonchev–Trinajstić information content (AvgIpc) is 3.19. The van der Waals surface area contributed by atoms with E-state index in [-0.39, 0.29) is 30.6 Å². The number of hydrogen-bond donors (Lipinski definition) is 1. The van der Waals surface area contributed by atoms with Crippen LogP contribution in [0.15, 0.2) is 17.8 Å². The fraction of sp³-hybridized carbons (Fsp3) is 0.600. The molecule has 7 heteroatoms. The molecule has 0 spiro atoms. The molecule has 3 heterocycles. The Labute approximate surface area is 132 Å². The number of amides is 1. The molecule has 2 aromatic heterocycles.